The van der Waals surface area contributed by atoms with Crippen LogP contribution in [0.15, 0.2) is 0 Å². The van der Waals surface area contributed by atoms with E-state index in [1.807, 2.05) is 13.8 Å². The molecule has 0 aromatic rings. The second-order valence-electron chi connectivity index (χ2n) is 4.87. The number of hydrogen-bond donors (Lipinski definition) is 2. The molecule has 0 spiro atoms. The minimum absolute atomic E-state index is 0.0841. The van der Waals surface area contributed by atoms with Gasteiger partial charge in [0.2, 0.25) is 5.91 Å². The van der Waals surface area contributed by atoms with Crippen molar-refractivity contribution < 1.29 is 14.7 Å². The Labute approximate surface area is 90.0 Å². The summed E-state index contributed by atoms with van der Waals surface area (Å²) in [6.45, 7) is 5.75. The minimum Gasteiger partial charge on any atom is -0.388 e. The smallest absolute Gasteiger partial charge is 0.224 e. The van der Waals surface area contributed by atoms with Crippen molar-refractivity contribution >= 4 is 11.7 Å². The first kappa shape index (κ1) is 12.2. The van der Waals surface area contributed by atoms with Gasteiger partial charge in [0.05, 0.1) is 11.5 Å². The van der Waals surface area contributed by atoms with Gasteiger partial charge in [0.25, 0.3) is 0 Å². The lowest BCUT2D eigenvalue weighted by Gasteiger charge is -2.30. The molecule has 0 bridgehead atoms. The number of amides is 1. The standard InChI is InChI=1S/C11H19NO3/c1-7(2)11(3,15)6-12-10(14)8-4-9(13)5-8/h7-8,15H,4-6H2,1-3H3,(H,12,14). The lowest BCUT2D eigenvalue weighted by Crippen LogP contribution is -2.47. The van der Waals surface area contributed by atoms with E-state index in [1.54, 1.807) is 6.92 Å². The summed E-state index contributed by atoms with van der Waals surface area (Å²) < 4.78 is 0. The molecule has 2 N–H and O–H groups in total. The molecule has 0 radical (unpaired) electrons. The molecule has 1 amide bonds. The molecular formula is C11H19NO3. The Balaban J connectivity index is 2.31. The molecule has 1 atom stereocenters. The van der Waals surface area contributed by atoms with E-state index in [0.29, 0.717) is 12.8 Å². The molecule has 1 rings (SSSR count). The number of carbonyl (C=O) groups excluding carboxylic acids is 2. The van der Waals surface area contributed by atoms with Crippen LogP contribution in [0.3, 0.4) is 0 Å². The van der Waals surface area contributed by atoms with E-state index in [0.717, 1.165) is 0 Å². The maximum Gasteiger partial charge on any atom is 0.224 e. The Kier molecular flexibility index (Phi) is 3.50. The van der Waals surface area contributed by atoms with Crippen molar-refractivity contribution in [2.75, 3.05) is 6.54 Å². The minimum atomic E-state index is -0.885. The van der Waals surface area contributed by atoms with E-state index in [9.17, 15) is 14.7 Å². The number of ketones is 1. The molecule has 1 aliphatic carbocycles. The summed E-state index contributed by atoms with van der Waals surface area (Å²) in [5.41, 5.74) is -0.885. The van der Waals surface area contributed by atoms with E-state index >= 15 is 0 Å². The van der Waals surface area contributed by atoms with Crippen LogP contribution in [0, 0.1) is 11.8 Å². The molecule has 15 heavy (non-hydrogen) atoms. The highest BCUT2D eigenvalue weighted by molar-refractivity contribution is 5.96. The summed E-state index contributed by atoms with van der Waals surface area (Å²) in [6.07, 6.45) is 0.714. The maximum atomic E-state index is 11.5. The normalized spacial score (nSPS) is 21.0. The molecule has 1 fully saturated rings. The van der Waals surface area contributed by atoms with Crippen LogP contribution in [0.4, 0.5) is 0 Å². The number of hydrogen-bond acceptors (Lipinski definition) is 3. The van der Waals surface area contributed by atoms with Crippen LogP contribution in [-0.2, 0) is 9.59 Å². The predicted octanol–water partition coefficient (Wildman–Crippen LogP) is 0.489. The second kappa shape index (κ2) is 4.31. The molecule has 0 aromatic heterocycles. The van der Waals surface area contributed by atoms with E-state index < -0.39 is 5.60 Å². The zero-order valence-corrected chi connectivity index (χ0v) is 9.54. The Morgan fingerprint density at radius 2 is 2.13 bits per heavy atom. The lowest BCUT2D eigenvalue weighted by molar-refractivity contribution is -0.138. The largest absolute Gasteiger partial charge is 0.388 e. The SMILES string of the molecule is CC(C)C(C)(O)CNC(=O)C1CC(=O)C1. The van der Waals surface area contributed by atoms with Crippen LogP contribution in [-0.4, -0.2) is 28.9 Å². The van der Waals surface area contributed by atoms with Gasteiger partial charge in [0, 0.05) is 19.4 Å². The molecule has 0 heterocycles. The van der Waals surface area contributed by atoms with Crippen LogP contribution in [0.1, 0.15) is 33.6 Å². The third-order valence-electron chi connectivity index (χ3n) is 3.18. The Morgan fingerprint density at radius 1 is 1.60 bits per heavy atom. The van der Waals surface area contributed by atoms with Crippen LogP contribution >= 0.6 is 0 Å². The van der Waals surface area contributed by atoms with Gasteiger partial charge in [-0.25, -0.2) is 0 Å². The molecule has 4 heteroatoms. The van der Waals surface area contributed by atoms with Crippen molar-refractivity contribution in [3.05, 3.63) is 0 Å². The Morgan fingerprint density at radius 3 is 2.53 bits per heavy atom. The molecule has 4 nitrogen and oxygen atoms in total. The molecule has 1 saturated carbocycles. The van der Waals surface area contributed by atoms with Crippen LogP contribution in [0.25, 0.3) is 0 Å². The highest BCUT2D eigenvalue weighted by atomic mass is 16.3. The monoisotopic (exact) mass is 213 g/mol. The number of aliphatic hydroxyl groups is 1. The van der Waals surface area contributed by atoms with Gasteiger partial charge in [0.1, 0.15) is 5.78 Å². The van der Waals surface area contributed by atoms with Gasteiger partial charge in [-0.15, -0.1) is 0 Å². The average Bonchev–Trinajstić information content (AvgIpc) is 2.09. The molecule has 0 aromatic carbocycles. The van der Waals surface area contributed by atoms with Crippen molar-refractivity contribution in [1.29, 1.82) is 0 Å². The zero-order valence-electron chi connectivity index (χ0n) is 9.54. The van der Waals surface area contributed by atoms with Gasteiger partial charge >= 0.3 is 0 Å². The van der Waals surface area contributed by atoms with Crippen molar-refractivity contribution in [1.82, 2.24) is 5.32 Å². The summed E-state index contributed by atoms with van der Waals surface area (Å²) in [5.74, 6) is -0.0532. The van der Waals surface area contributed by atoms with E-state index in [4.69, 9.17) is 0 Å². The molecular weight excluding hydrogens is 194 g/mol. The summed E-state index contributed by atoms with van der Waals surface area (Å²) in [4.78, 5) is 22.2. The van der Waals surface area contributed by atoms with Gasteiger partial charge in [-0.2, -0.15) is 0 Å². The van der Waals surface area contributed by atoms with E-state index in [-0.39, 0.29) is 30.1 Å². The first-order valence-electron chi connectivity index (χ1n) is 5.34. The maximum absolute atomic E-state index is 11.5. The third kappa shape index (κ3) is 3.02. The lowest BCUT2D eigenvalue weighted by atomic mass is 9.83. The summed E-state index contributed by atoms with van der Waals surface area (Å²) >= 11 is 0. The molecule has 1 unspecified atom stereocenters. The molecule has 1 aliphatic rings. The number of nitrogens with one attached hydrogen (secondary N) is 1. The molecule has 0 aliphatic heterocycles. The molecule has 86 valence electrons. The van der Waals surface area contributed by atoms with Crippen LogP contribution in [0.2, 0.25) is 0 Å². The average molecular weight is 213 g/mol. The van der Waals surface area contributed by atoms with Gasteiger partial charge in [-0.1, -0.05) is 13.8 Å². The number of Topliss-reactive ketones (excluding diaryl/α,β-unsaturated/α-hetero) is 1. The fraction of sp³-hybridized carbons (Fsp3) is 0.818. The summed E-state index contributed by atoms with van der Waals surface area (Å²) in [7, 11) is 0. The van der Waals surface area contributed by atoms with Crippen molar-refractivity contribution in [2.24, 2.45) is 11.8 Å². The second-order valence-corrected chi connectivity index (χ2v) is 4.87. The highest BCUT2D eigenvalue weighted by Gasteiger charge is 2.34. The van der Waals surface area contributed by atoms with Gasteiger partial charge in [0.15, 0.2) is 0 Å². The number of rotatable bonds is 4. The fourth-order valence-corrected chi connectivity index (χ4v) is 1.29. The first-order valence-corrected chi connectivity index (χ1v) is 5.34. The third-order valence-corrected chi connectivity index (χ3v) is 3.18. The highest BCUT2D eigenvalue weighted by Crippen LogP contribution is 2.23. The summed E-state index contributed by atoms with van der Waals surface area (Å²) in [6, 6.07) is 0. The Bertz CT molecular complexity index is 263. The van der Waals surface area contributed by atoms with Crippen molar-refractivity contribution in [3.63, 3.8) is 0 Å². The quantitative estimate of drug-likeness (QED) is 0.714. The summed E-state index contributed by atoms with van der Waals surface area (Å²) in [5, 5.41) is 12.6. The van der Waals surface area contributed by atoms with Gasteiger partial charge in [-0.3, -0.25) is 9.59 Å². The predicted molar refractivity (Wildman–Crippen MR) is 56.2 cm³/mol. The number of carbonyl (C=O) groups is 2. The van der Waals surface area contributed by atoms with Crippen molar-refractivity contribution in [2.45, 2.75) is 39.2 Å². The fourth-order valence-electron chi connectivity index (χ4n) is 1.29. The zero-order chi connectivity index (χ0) is 11.6. The topological polar surface area (TPSA) is 66.4 Å². The Hall–Kier alpha value is -0.900. The van der Waals surface area contributed by atoms with Gasteiger partial charge < -0.3 is 10.4 Å². The first-order chi connectivity index (χ1) is 6.83. The van der Waals surface area contributed by atoms with Crippen molar-refractivity contribution in [3.8, 4) is 0 Å². The molecule has 0 saturated heterocycles. The van der Waals surface area contributed by atoms with Crippen LogP contribution in [0.5, 0.6) is 0 Å². The van der Waals surface area contributed by atoms with Crippen LogP contribution < -0.4 is 5.32 Å². The van der Waals surface area contributed by atoms with Gasteiger partial charge in [-0.05, 0) is 12.8 Å². The van der Waals surface area contributed by atoms with E-state index in [2.05, 4.69) is 5.32 Å². The van der Waals surface area contributed by atoms with E-state index in [1.165, 1.54) is 0 Å².